The molecule has 1 heterocycles. The minimum atomic E-state index is -4.22. The van der Waals surface area contributed by atoms with Gasteiger partial charge in [0.2, 0.25) is 0 Å². The van der Waals surface area contributed by atoms with Gasteiger partial charge < -0.3 is 4.57 Å². The number of anilines is 1. The normalized spacial score (nSPS) is 11.5. The van der Waals surface area contributed by atoms with Crippen molar-refractivity contribution in [2.24, 2.45) is 5.10 Å². The Labute approximate surface area is 233 Å². The molecule has 0 aliphatic heterocycles. The summed E-state index contributed by atoms with van der Waals surface area (Å²) >= 11 is 3.48. The molecule has 200 valence electrons. The lowest BCUT2D eigenvalue weighted by Crippen LogP contribution is -2.39. The number of nitrogens with one attached hydrogen (secondary N) is 1. The number of aromatic nitrogens is 1. The number of sulfonamides is 1. The van der Waals surface area contributed by atoms with Crippen LogP contribution in [-0.4, -0.2) is 36.6 Å². The van der Waals surface area contributed by atoms with Crippen LogP contribution in [0.2, 0.25) is 0 Å². The van der Waals surface area contributed by atoms with Crippen LogP contribution in [0.3, 0.4) is 0 Å². The van der Waals surface area contributed by atoms with E-state index in [1.54, 1.807) is 18.2 Å². The molecule has 0 aliphatic carbocycles. The third kappa shape index (κ3) is 6.24. The van der Waals surface area contributed by atoms with E-state index in [9.17, 15) is 23.3 Å². The molecule has 0 saturated heterocycles. The second-order valence-corrected chi connectivity index (χ2v) is 11.3. The fourth-order valence-electron chi connectivity index (χ4n) is 4.07. The summed E-state index contributed by atoms with van der Waals surface area (Å²) in [5.74, 6) is -0.724. The van der Waals surface area contributed by atoms with E-state index >= 15 is 0 Å². The molecule has 10 nitrogen and oxygen atoms in total. The second kappa shape index (κ2) is 11.6. The number of hydrogen-bond donors (Lipinski definition) is 1. The maximum absolute atomic E-state index is 13.4. The second-order valence-electron chi connectivity index (χ2n) is 8.54. The molecule has 3 aromatic carbocycles. The van der Waals surface area contributed by atoms with Crippen LogP contribution in [-0.2, 0) is 14.8 Å². The number of carbonyl (C=O) groups excluding carboxylic acids is 1. The molecule has 4 aromatic rings. The van der Waals surface area contributed by atoms with Crippen LogP contribution < -0.4 is 9.73 Å². The highest BCUT2D eigenvalue weighted by Crippen LogP contribution is 2.27. The van der Waals surface area contributed by atoms with Crippen molar-refractivity contribution in [3.05, 3.63) is 116 Å². The smallest absolute Gasteiger partial charge is 0.271 e. The van der Waals surface area contributed by atoms with Crippen LogP contribution in [0.25, 0.3) is 5.69 Å². The van der Waals surface area contributed by atoms with E-state index < -0.39 is 27.4 Å². The van der Waals surface area contributed by atoms with Crippen molar-refractivity contribution in [2.75, 3.05) is 10.8 Å². The first-order valence-corrected chi connectivity index (χ1v) is 13.9. The van der Waals surface area contributed by atoms with E-state index in [2.05, 4.69) is 26.5 Å². The fraction of sp³-hybridized carbons (Fsp3) is 0.111. The van der Waals surface area contributed by atoms with Crippen LogP contribution in [0.4, 0.5) is 11.4 Å². The van der Waals surface area contributed by atoms with Gasteiger partial charge in [-0.25, -0.2) is 13.8 Å². The van der Waals surface area contributed by atoms with Crippen molar-refractivity contribution in [3.63, 3.8) is 0 Å². The molecule has 0 radical (unpaired) electrons. The lowest BCUT2D eigenvalue weighted by molar-refractivity contribution is -0.384. The van der Waals surface area contributed by atoms with E-state index in [-0.39, 0.29) is 16.3 Å². The van der Waals surface area contributed by atoms with Gasteiger partial charge in [-0.05, 0) is 56.3 Å². The molecule has 4 rings (SSSR count). The highest BCUT2D eigenvalue weighted by molar-refractivity contribution is 9.10. The Morgan fingerprint density at radius 2 is 1.77 bits per heavy atom. The van der Waals surface area contributed by atoms with E-state index in [0.717, 1.165) is 37.5 Å². The van der Waals surface area contributed by atoms with Gasteiger partial charge in [0, 0.05) is 39.2 Å². The highest BCUT2D eigenvalue weighted by atomic mass is 79.9. The highest BCUT2D eigenvalue weighted by Gasteiger charge is 2.28. The number of hydrazone groups is 1. The molecule has 0 saturated carbocycles. The summed E-state index contributed by atoms with van der Waals surface area (Å²) in [5, 5.41) is 15.3. The number of nitrogens with zero attached hydrogens (tertiary/aromatic N) is 4. The number of carbonyl (C=O) groups is 1. The van der Waals surface area contributed by atoms with E-state index in [1.807, 2.05) is 48.7 Å². The zero-order chi connectivity index (χ0) is 28.2. The van der Waals surface area contributed by atoms with E-state index in [1.165, 1.54) is 36.5 Å². The van der Waals surface area contributed by atoms with Gasteiger partial charge in [-0.1, -0.05) is 46.3 Å². The fourth-order valence-corrected chi connectivity index (χ4v) is 5.89. The number of hydrogen-bond acceptors (Lipinski definition) is 6. The molecule has 0 unspecified atom stereocenters. The summed E-state index contributed by atoms with van der Waals surface area (Å²) < 4.78 is 30.6. The molecule has 39 heavy (non-hydrogen) atoms. The first kappa shape index (κ1) is 27.7. The van der Waals surface area contributed by atoms with Crippen LogP contribution >= 0.6 is 15.9 Å². The lowest BCUT2D eigenvalue weighted by atomic mass is 10.2. The molecule has 1 amide bonds. The standard InChI is InChI=1S/C27H24BrN5O5S/c1-19-14-21(20(2)32(19)24-10-6-8-22(28)15-24)17-29-30-27(34)18-31(23-9-7-11-25(16-23)33(35)36)39(37,38)26-12-4-3-5-13-26/h3-17H,18H2,1-2H3,(H,30,34)/b29-17+. The average Bonchev–Trinajstić information content (AvgIpc) is 3.20. The zero-order valence-electron chi connectivity index (χ0n) is 21.0. The Morgan fingerprint density at radius 1 is 1.05 bits per heavy atom. The van der Waals surface area contributed by atoms with Crippen molar-refractivity contribution in [2.45, 2.75) is 18.7 Å². The summed E-state index contributed by atoms with van der Waals surface area (Å²) in [4.78, 5) is 23.4. The van der Waals surface area contributed by atoms with E-state index in [4.69, 9.17) is 0 Å². The van der Waals surface area contributed by atoms with Crippen molar-refractivity contribution in [1.29, 1.82) is 0 Å². The summed E-state index contributed by atoms with van der Waals surface area (Å²) in [6.07, 6.45) is 1.48. The van der Waals surface area contributed by atoms with Crippen molar-refractivity contribution in [1.82, 2.24) is 9.99 Å². The topological polar surface area (TPSA) is 127 Å². The summed E-state index contributed by atoms with van der Waals surface area (Å²) in [7, 11) is -4.22. The minimum Gasteiger partial charge on any atom is -0.318 e. The zero-order valence-corrected chi connectivity index (χ0v) is 23.4. The van der Waals surface area contributed by atoms with Gasteiger partial charge in [0.1, 0.15) is 6.54 Å². The van der Waals surface area contributed by atoms with Crippen molar-refractivity contribution in [3.8, 4) is 5.69 Å². The van der Waals surface area contributed by atoms with Crippen molar-refractivity contribution < 1.29 is 18.1 Å². The Hall–Kier alpha value is -4.29. The largest absolute Gasteiger partial charge is 0.318 e. The first-order chi connectivity index (χ1) is 18.6. The maximum Gasteiger partial charge on any atom is 0.271 e. The molecule has 12 heteroatoms. The molecular formula is C27H24BrN5O5S. The van der Waals surface area contributed by atoms with Crippen LogP contribution in [0, 0.1) is 24.0 Å². The van der Waals surface area contributed by atoms with Crippen LogP contribution in [0.5, 0.6) is 0 Å². The Bertz CT molecular complexity index is 1670. The third-order valence-electron chi connectivity index (χ3n) is 5.88. The van der Waals surface area contributed by atoms with Gasteiger partial charge in [0.15, 0.2) is 0 Å². The molecule has 1 N–H and O–H groups in total. The number of amides is 1. The molecule has 1 aromatic heterocycles. The molecular weight excluding hydrogens is 586 g/mol. The molecule has 0 spiro atoms. The third-order valence-corrected chi connectivity index (χ3v) is 8.16. The molecule has 0 aliphatic rings. The van der Waals surface area contributed by atoms with Crippen LogP contribution in [0.15, 0.2) is 99.4 Å². The van der Waals surface area contributed by atoms with E-state index in [0.29, 0.717) is 0 Å². The Balaban J connectivity index is 1.58. The average molecular weight is 610 g/mol. The lowest BCUT2D eigenvalue weighted by Gasteiger charge is -2.23. The SMILES string of the molecule is Cc1cc(/C=N/NC(=O)CN(c2cccc([N+](=O)[O-])c2)S(=O)(=O)c2ccccc2)c(C)n1-c1cccc(Br)c1. The van der Waals surface area contributed by atoms with Gasteiger partial charge in [-0.3, -0.25) is 19.2 Å². The van der Waals surface area contributed by atoms with Gasteiger partial charge in [0.25, 0.3) is 21.6 Å². The number of non-ortho nitro benzene ring substituents is 1. The number of nitro benzene ring substituents is 1. The maximum atomic E-state index is 13.4. The predicted octanol–water partition coefficient (Wildman–Crippen LogP) is 5.11. The number of halogens is 1. The van der Waals surface area contributed by atoms with Gasteiger partial charge >= 0.3 is 0 Å². The number of nitro groups is 1. The summed E-state index contributed by atoms with van der Waals surface area (Å²) in [5.41, 5.74) is 5.62. The molecule has 0 atom stereocenters. The summed E-state index contributed by atoms with van der Waals surface area (Å²) in [6, 6.07) is 22.4. The van der Waals surface area contributed by atoms with Crippen LogP contribution in [0.1, 0.15) is 17.0 Å². The predicted molar refractivity (Wildman–Crippen MR) is 153 cm³/mol. The van der Waals surface area contributed by atoms with Gasteiger partial charge in [-0.15, -0.1) is 0 Å². The molecule has 0 bridgehead atoms. The Morgan fingerprint density at radius 3 is 2.46 bits per heavy atom. The summed E-state index contributed by atoms with van der Waals surface area (Å²) in [6.45, 7) is 3.23. The quantitative estimate of drug-likeness (QED) is 0.160. The molecule has 0 fully saturated rings. The van der Waals surface area contributed by atoms with Gasteiger partial charge in [0.05, 0.1) is 21.7 Å². The number of aryl methyl sites for hydroxylation is 1. The van der Waals surface area contributed by atoms with Crippen molar-refractivity contribution >= 4 is 49.4 Å². The minimum absolute atomic E-state index is 0.0234. The van der Waals surface area contributed by atoms with Gasteiger partial charge in [-0.2, -0.15) is 5.10 Å². The number of rotatable bonds is 9. The first-order valence-electron chi connectivity index (χ1n) is 11.7. The number of benzene rings is 3. The Kier molecular flexibility index (Phi) is 8.27. The monoisotopic (exact) mass is 609 g/mol.